The largest absolute Gasteiger partial charge is 0.453 e. The second kappa shape index (κ2) is 4.08. The molecule has 4 rings (SSSR count). The molecule has 4 atom stereocenters. The molecule has 0 saturated carbocycles. The number of thioether (sulfide) groups is 2. The lowest BCUT2D eigenvalue weighted by atomic mass is 9.94. The summed E-state index contributed by atoms with van der Waals surface area (Å²) in [6.45, 7) is 3.92. The van der Waals surface area contributed by atoms with Crippen LogP contribution in [0.5, 0.6) is 0 Å². The molecule has 2 heterocycles. The van der Waals surface area contributed by atoms with Gasteiger partial charge in [0.25, 0.3) is 0 Å². The summed E-state index contributed by atoms with van der Waals surface area (Å²) in [5, 5.41) is 1.72. The molecule has 1 aromatic rings. The molecule has 104 valence electrons. The van der Waals surface area contributed by atoms with Crippen LogP contribution in [-0.4, -0.2) is 26.5 Å². The van der Waals surface area contributed by atoms with E-state index in [4.69, 9.17) is 4.74 Å². The average molecular weight is 304 g/mol. The van der Waals surface area contributed by atoms with Crippen molar-refractivity contribution < 1.29 is 9.53 Å². The van der Waals surface area contributed by atoms with Crippen molar-refractivity contribution in [3.05, 3.63) is 48.0 Å². The van der Waals surface area contributed by atoms with Crippen LogP contribution in [0.25, 0.3) is 0 Å². The Morgan fingerprint density at radius 1 is 1.30 bits per heavy atom. The van der Waals surface area contributed by atoms with Gasteiger partial charge < -0.3 is 4.74 Å². The minimum absolute atomic E-state index is 0.0800. The summed E-state index contributed by atoms with van der Waals surface area (Å²) >= 11 is 3.72. The lowest BCUT2D eigenvalue weighted by molar-refractivity contribution is -0.158. The molecule has 0 radical (unpaired) electrons. The highest BCUT2D eigenvalue weighted by molar-refractivity contribution is 8.14. The normalized spacial score (nSPS) is 36.8. The standard InChI is InChI=1S/C16H16O2S2/c1-15(2,10-6-4-3-5-7-10)18-14(17)16-9-8-11-12(19-11)13(16)20-16/h3-9,11-13H,1-2H3. The Labute approximate surface area is 127 Å². The van der Waals surface area contributed by atoms with Crippen molar-refractivity contribution in [2.45, 2.75) is 39.9 Å². The molecule has 0 amide bonds. The fourth-order valence-electron chi connectivity index (χ4n) is 2.84. The molecule has 0 spiro atoms. The molecule has 2 aliphatic heterocycles. The Kier molecular flexibility index (Phi) is 2.62. The van der Waals surface area contributed by atoms with Gasteiger partial charge in [0.2, 0.25) is 0 Å². The number of fused-ring (bicyclic) bond motifs is 3. The minimum atomic E-state index is -0.581. The maximum atomic E-state index is 12.6. The van der Waals surface area contributed by atoms with E-state index in [1.165, 1.54) is 0 Å². The van der Waals surface area contributed by atoms with Gasteiger partial charge in [-0.05, 0) is 19.4 Å². The molecule has 20 heavy (non-hydrogen) atoms. The van der Waals surface area contributed by atoms with Gasteiger partial charge in [0.15, 0.2) is 0 Å². The molecule has 4 heteroatoms. The van der Waals surface area contributed by atoms with E-state index in [9.17, 15) is 4.79 Å². The Balaban J connectivity index is 1.54. The van der Waals surface area contributed by atoms with Gasteiger partial charge in [-0.2, -0.15) is 0 Å². The Morgan fingerprint density at radius 3 is 2.80 bits per heavy atom. The zero-order valence-corrected chi connectivity index (χ0v) is 13.0. The average Bonchev–Trinajstić information content (AvgIpc) is 3.30. The van der Waals surface area contributed by atoms with Crippen LogP contribution in [0.4, 0.5) is 0 Å². The van der Waals surface area contributed by atoms with Crippen LogP contribution in [0.15, 0.2) is 42.5 Å². The first-order chi connectivity index (χ1) is 9.53. The van der Waals surface area contributed by atoms with Crippen LogP contribution in [0, 0.1) is 0 Å². The van der Waals surface area contributed by atoms with Crippen molar-refractivity contribution in [3.8, 4) is 0 Å². The number of benzene rings is 1. The number of ether oxygens (including phenoxy) is 1. The van der Waals surface area contributed by atoms with E-state index in [-0.39, 0.29) is 5.97 Å². The predicted molar refractivity (Wildman–Crippen MR) is 84.0 cm³/mol. The first-order valence-electron chi connectivity index (χ1n) is 6.84. The van der Waals surface area contributed by atoms with Gasteiger partial charge in [0, 0.05) is 15.7 Å². The first kappa shape index (κ1) is 12.8. The smallest absolute Gasteiger partial charge is 0.328 e. The van der Waals surface area contributed by atoms with E-state index in [1.807, 2.05) is 55.9 Å². The fourth-order valence-corrected chi connectivity index (χ4v) is 5.70. The van der Waals surface area contributed by atoms with Crippen molar-refractivity contribution in [2.24, 2.45) is 0 Å². The second-order valence-electron chi connectivity index (χ2n) is 6.02. The molecule has 2 nitrogen and oxygen atoms in total. The molecule has 0 aromatic heterocycles. The molecule has 2 fully saturated rings. The van der Waals surface area contributed by atoms with Gasteiger partial charge in [0.05, 0.1) is 0 Å². The van der Waals surface area contributed by atoms with Gasteiger partial charge in [0.1, 0.15) is 10.3 Å². The van der Waals surface area contributed by atoms with Gasteiger partial charge in [-0.15, -0.1) is 23.5 Å². The number of hydrogen-bond donors (Lipinski definition) is 0. The quantitative estimate of drug-likeness (QED) is 0.486. The van der Waals surface area contributed by atoms with E-state index in [2.05, 4.69) is 12.2 Å². The van der Waals surface area contributed by atoms with Crippen molar-refractivity contribution in [2.75, 3.05) is 0 Å². The predicted octanol–water partition coefficient (Wildman–Crippen LogP) is 3.37. The third kappa shape index (κ3) is 1.85. The summed E-state index contributed by atoms with van der Waals surface area (Å²) < 4.78 is 5.46. The summed E-state index contributed by atoms with van der Waals surface area (Å²) in [4.78, 5) is 12.6. The molecule has 1 aliphatic carbocycles. The van der Waals surface area contributed by atoms with E-state index >= 15 is 0 Å². The monoisotopic (exact) mass is 304 g/mol. The zero-order valence-electron chi connectivity index (χ0n) is 11.4. The number of hydrogen-bond acceptors (Lipinski definition) is 4. The molecule has 4 unspecified atom stereocenters. The van der Waals surface area contributed by atoms with Crippen molar-refractivity contribution >= 4 is 29.5 Å². The highest BCUT2D eigenvalue weighted by atomic mass is 32.2. The summed E-state index contributed by atoms with van der Waals surface area (Å²) in [6.07, 6.45) is 4.26. The fraction of sp³-hybridized carbons (Fsp3) is 0.438. The van der Waals surface area contributed by atoms with Crippen LogP contribution in [0.2, 0.25) is 0 Å². The molecule has 3 aliphatic rings. The number of esters is 1. The van der Waals surface area contributed by atoms with E-state index in [1.54, 1.807) is 11.8 Å². The second-order valence-corrected chi connectivity index (χ2v) is 8.80. The maximum Gasteiger partial charge on any atom is 0.328 e. The summed E-state index contributed by atoms with van der Waals surface area (Å²) in [5.74, 6) is -0.0800. The molecule has 1 aromatic carbocycles. The summed E-state index contributed by atoms with van der Waals surface area (Å²) in [5.41, 5.74) is 0.452. The van der Waals surface area contributed by atoms with Crippen LogP contribution in [0.1, 0.15) is 19.4 Å². The molecular formula is C16H16O2S2. The molecule has 0 N–H and O–H groups in total. The van der Waals surface area contributed by atoms with Crippen LogP contribution in [0.3, 0.4) is 0 Å². The zero-order chi connectivity index (χ0) is 14.0. The van der Waals surface area contributed by atoms with Crippen LogP contribution in [-0.2, 0) is 15.1 Å². The van der Waals surface area contributed by atoms with Gasteiger partial charge >= 0.3 is 5.97 Å². The summed E-state index contributed by atoms with van der Waals surface area (Å²) in [7, 11) is 0. The first-order valence-corrected chi connectivity index (χ1v) is 8.67. The van der Waals surface area contributed by atoms with E-state index < -0.39 is 10.3 Å². The van der Waals surface area contributed by atoms with Crippen molar-refractivity contribution in [1.82, 2.24) is 0 Å². The van der Waals surface area contributed by atoms with Gasteiger partial charge in [-0.3, -0.25) is 4.79 Å². The minimum Gasteiger partial charge on any atom is -0.453 e. The van der Waals surface area contributed by atoms with Crippen LogP contribution < -0.4 is 0 Å². The van der Waals surface area contributed by atoms with Crippen molar-refractivity contribution in [1.29, 1.82) is 0 Å². The topological polar surface area (TPSA) is 26.3 Å². The number of carbonyl (C=O) groups excluding carboxylic acids is 1. The van der Waals surface area contributed by atoms with Gasteiger partial charge in [-0.1, -0.05) is 42.5 Å². The van der Waals surface area contributed by atoms with E-state index in [0.29, 0.717) is 15.7 Å². The Morgan fingerprint density at radius 2 is 2.05 bits per heavy atom. The van der Waals surface area contributed by atoms with E-state index in [0.717, 1.165) is 5.56 Å². The Bertz CT molecular complexity index is 596. The molecule has 0 bridgehead atoms. The Hall–Kier alpha value is -0.870. The SMILES string of the molecule is CC(C)(OC(=O)C12C=CC3SC3C1S2)c1ccccc1. The lowest BCUT2D eigenvalue weighted by Crippen LogP contribution is -2.36. The lowest BCUT2D eigenvalue weighted by Gasteiger charge is -2.27. The van der Waals surface area contributed by atoms with Crippen LogP contribution >= 0.6 is 23.5 Å². The third-order valence-electron chi connectivity index (χ3n) is 4.22. The van der Waals surface area contributed by atoms with Crippen molar-refractivity contribution in [3.63, 3.8) is 0 Å². The highest BCUT2D eigenvalue weighted by Gasteiger charge is 2.71. The number of rotatable bonds is 3. The number of carbonyl (C=O) groups is 1. The molecule has 2 saturated heterocycles. The summed E-state index contributed by atoms with van der Waals surface area (Å²) in [6, 6.07) is 9.94. The highest BCUT2D eigenvalue weighted by Crippen LogP contribution is 2.69. The molecular weight excluding hydrogens is 288 g/mol. The maximum absolute atomic E-state index is 12.6. The van der Waals surface area contributed by atoms with Gasteiger partial charge in [-0.25, -0.2) is 0 Å². The third-order valence-corrected chi connectivity index (χ3v) is 7.33.